The number of nitrogens with zero attached hydrogens (tertiary/aromatic N) is 1. The van der Waals surface area contributed by atoms with E-state index in [1.165, 1.54) is 6.42 Å². The molecule has 0 aliphatic carbocycles. The average Bonchev–Trinajstić information content (AvgIpc) is 2.67. The highest BCUT2D eigenvalue weighted by molar-refractivity contribution is 6.33. The molecule has 1 aromatic carbocycles. The third-order valence-electron chi connectivity index (χ3n) is 4.25. The number of rotatable bonds is 2. The predicted molar refractivity (Wildman–Crippen MR) is 83.9 cm³/mol. The minimum atomic E-state index is 0.0660. The molecule has 2 rings (SSSR count). The van der Waals surface area contributed by atoms with Crippen molar-refractivity contribution in [2.75, 3.05) is 18.8 Å². The lowest BCUT2D eigenvalue weighted by Gasteiger charge is -2.22. The summed E-state index contributed by atoms with van der Waals surface area (Å²) in [6.45, 7) is 6.21. The van der Waals surface area contributed by atoms with Crippen LogP contribution in [0.4, 0.5) is 5.69 Å². The lowest BCUT2D eigenvalue weighted by atomic mass is 9.89. The van der Waals surface area contributed by atoms with Crippen LogP contribution < -0.4 is 5.73 Å². The van der Waals surface area contributed by atoms with E-state index in [-0.39, 0.29) is 5.91 Å². The van der Waals surface area contributed by atoms with Gasteiger partial charge in [-0.3, -0.25) is 4.79 Å². The van der Waals surface area contributed by atoms with Crippen LogP contribution in [-0.2, 0) is 0 Å². The Bertz CT molecular complexity index is 487. The second kappa shape index (κ2) is 6.49. The number of carbonyl (C=O) groups excluding carboxylic acids is 1. The third kappa shape index (κ3) is 3.45. The fraction of sp³-hybridized carbons (Fsp3) is 0.562. The van der Waals surface area contributed by atoms with E-state index in [1.807, 2.05) is 4.90 Å². The van der Waals surface area contributed by atoms with Crippen molar-refractivity contribution in [3.05, 3.63) is 28.8 Å². The van der Waals surface area contributed by atoms with Crippen LogP contribution in [0, 0.1) is 11.8 Å². The molecule has 1 amide bonds. The summed E-state index contributed by atoms with van der Waals surface area (Å²) in [6, 6.07) is 5.13. The molecule has 1 fully saturated rings. The molecule has 3 nitrogen and oxygen atoms in total. The molecule has 1 saturated heterocycles. The largest absolute Gasteiger partial charge is 0.398 e. The lowest BCUT2D eigenvalue weighted by molar-refractivity contribution is 0.0759. The molecule has 2 N–H and O–H groups in total. The normalized spacial score (nSPS) is 20.0. The smallest absolute Gasteiger partial charge is 0.253 e. The van der Waals surface area contributed by atoms with Gasteiger partial charge in [-0.1, -0.05) is 25.4 Å². The van der Waals surface area contributed by atoms with Crippen molar-refractivity contribution in [1.82, 2.24) is 4.90 Å². The quantitative estimate of drug-likeness (QED) is 0.843. The highest BCUT2D eigenvalue weighted by Gasteiger charge is 2.23. The molecule has 1 aromatic rings. The van der Waals surface area contributed by atoms with Crippen molar-refractivity contribution in [1.29, 1.82) is 0 Å². The molecule has 1 heterocycles. The molecule has 110 valence electrons. The van der Waals surface area contributed by atoms with Gasteiger partial charge in [0.2, 0.25) is 0 Å². The number of hydrogen-bond donors (Lipinski definition) is 1. The highest BCUT2D eigenvalue weighted by atomic mass is 35.5. The number of benzene rings is 1. The van der Waals surface area contributed by atoms with Gasteiger partial charge in [-0.05, 0) is 49.3 Å². The Labute approximate surface area is 126 Å². The third-order valence-corrected chi connectivity index (χ3v) is 4.58. The molecular formula is C16H23ClN2O. The van der Waals surface area contributed by atoms with Gasteiger partial charge in [0.1, 0.15) is 0 Å². The fourth-order valence-electron chi connectivity index (χ4n) is 2.83. The molecule has 4 heteroatoms. The highest BCUT2D eigenvalue weighted by Crippen LogP contribution is 2.26. The second-order valence-corrected chi connectivity index (χ2v) is 6.37. The van der Waals surface area contributed by atoms with Crippen LogP contribution in [0.15, 0.2) is 18.2 Å². The van der Waals surface area contributed by atoms with Gasteiger partial charge in [0.25, 0.3) is 5.91 Å². The first kappa shape index (κ1) is 15.2. The Balaban J connectivity index is 2.07. The standard InChI is InChI=1S/C16H23ClN2O/c1-11(2)12-4-3-8-19(9-7-12)16(20)13-5-6-15(18)14(17)10-13/h5-6,10-12H,3-4,7-9,18H2,1-2H3. The molecule has 1 atom stereocenters. The van der Waals surface area contributed by atoms with E-state index in [9.17, 15) is 4.79 Å². The monoisotopic (exact) mass is 294 g/mol. The molecule has 1 unspecified atom stereocenters. The van der Waals surface area contributed by atoms with Crippen LogP contribution in [0.5, 0.6) is 0 Å². The maximum absolute atomic E-state index is 12.5. The average molecular weight is 295 g/mol. The van der Waals surface area contributed by atoms with Crippen LogP contribution in [0.1, 0.15) is 43.5 Å². The summed E-state index contributed by atoms with van der Waals surface area (Å²) in [7, 11) is 0. The molecule has 0 radical (unpaired) electrons. The summed E-state index contributed by atoms with van der Waals surface area (Å²) >= 11 is 6.00. The van der Waals surface area contributed by atoms with Crippen LogP contribution in [0.2, 0.25) is 5.02 Å². The zero-order valence-electron chi connectivity index (χ0n) is 12.2. The number of nitrogens with two attached hydrogens (primary N) is 1. The topological polar surface area (TPSA) is 46.3 Å². The van der Waals surface area contributed by atoms with Gasteiger partial charge < -0.3 is 10.6 Å². The van der Waals surface area contributed by atoms with E-state index in [1.54, 1.807) is 18.2 Å². The number of nitrogen functional groups attached to an aromatic ring is 1. The zero-order valence-corrected chi connectivity index (χ0v) is 13.0. The van der Waals surface area contributed by atoms with Crippen LogP contribution in [0.3, 0.4) is 0 Å². The second-order valence-electron chi connectivity index (χ2n) is 5.96. The maximum Gasteiger partial charge on any atom is 0.253 e. The van der Waals surface area contributed by atoms with Crippen molar-refractivity contribution < 1.29 is 4.79 Å². The van der Waals surface area contributed by atoms with E-state index in [0.29, 0.717) is 22.2 Å². The SMILES string of the molecule is CC(C)C1CCCN(C(=O)c2ccc(N)c(Cl)c2)CC1. The number of anilines is 1. The van der Waals surface area contributed by atoms with E-state index in [2.05, 4.69) is 13.8 Å². The van der Waals surface area contributed by atoms with Crippen molar-refractivity contribution in [2.24, 2.45) is 11.8 Å². The van der Waals surface area contributed by atoms with Gasteiger partial charge in [-0.25, -0.2) is 0 Å². The van der Waals surface area contributed by atoms with Gasteiger partial charge >= 0.3 is 0 Å². The molecule has 0 spiro atoms. The van der Waals surface area contributed by atoms with Crippen LogP contribution in [0.25, 0.3) is 0 Å². The minimum Gasteiger partial charge on any atom is -0.398 e. The van der Waals surface area contributed by atoms with Gasteiger partial charge in [-0.2, -0.15) is 0 Å². The Morgan fingerprint density at radius 2 is 2.10 bits per heavy atom. The molecule has 1 aliphatic heterocycles. The summed E-state index contributed by atoms with van der Waals surface area (Å²) in [5.74, 6) is 1.48. The van der Waals surface area contributed by atoms with E-state index in [4.69, 9.17) is 17.3 Å². The molecule has 0 aromatic heterocycles. The van der Waals surface area contributed by atoms with E-state index in [0.717, 1.165) is 31.8 Å². The molecule has 0 saturated carbocycles. The molecular weight excluding hydrogens is 272 g/mol. The summed E-state index contributed by atoms with van der Waals surface area (Å²) in [5, 5.41) is 0.450. The fourth-order valence-corrected chi connectivity index (χ4v) is 3.02. The lowest BCUT2D eigenvalue weighted by Crippen LogP contribution is -2.32. The van der Waals surface area contributed by atoms with Gasteiger partial charge in [0.15, 0.2) is 0 Å². The maximum atomic E-state index is 12.5. The van der Waals surface area contributed by atoms with Crippen LogP contribution >= 0.6 is 11.6 Å². The van der Waals surface area contributed by atoms with Crippen molar-refractivity contribution in [2.45, 2.75) is 33.1 Å². The minimum absolute atomic E-state index is 0.0660. The van der Waals surface area contributed by atoms with Gasteiger partial charge in [-0.15, -0.1) is 0 Å². The molecule has 1 aliphatic rings. The number of amides is 1. The van der Waals surface area contributed by atoms with Crippen molar-refractivity contribution in [3.8, 4) is 0 Å². The Hall–Kier alpha value is -1.22. The Morgan fingerprint density at radius 3 is 2.75 bits per heavy atom. The van der Waals surface area contributed by atoms with E-state index >= 15 is 0 Å². The van der Waals surface area contributed by atoms with Crippen LogP contribution in [-0.4, -0.2) is 23.9 Å². The Kier molecular flexibility index (Phi) is 4.92. The number of halogens is 1. The number of likely N-dealkylation sites (tertiary alicyclic amines) is 1. The van der Waals surface area contributed by atoms with Gasteiger partial charge in [0, 0.05) is 18.7 Å². The molecule has 0 bridgehead atoms. The Morgan fingerprint density at radius 1 is 1.35 bits per heavy atom. The van der Waals surface area contributed by atoms with Crippen molar-refractivity contribution in [3.63, 3.8) is 0 Å². The molecule has 20 heavy (non-hydrogen) atoms. The summed E-state index contributed by atoms with van der Waals surface area (Å²) in [6.07, 6.45) is 3.38. The zero-order chi connectivity index (χ0) is 14.7. The first-order valence-electron chi connectivity index (χ1n) is 7.33. The first-order valence-corrected chi connectivity index (χ1v) is 7.71. The summed E-state index contributed by atoms with van der Waals surface area (Å²) < 4.78 is 0. The van der Waals surface area contributed by atoms with Crippen molar-refractivity contribution >= 4 is 23.2 Å². The van der Waals surface area contributed by atoms with Gasteiger partial charge in [0.05, 0.1) is 10.7 Å². The first-order chi connectivity index (χ1) is 9.49. The summed E-state index contributed by atoms with van der Waals surface area (Å²) in [5.41, 5.74) is 6.83. The number of carbonyl (C=O) groups is 1. The number of hydrogen-bond acceptors (Lipinski definition) is 2. The summed E-state index contributed by atoms with van der Waals surface area (Å²) in [4.78, 5) is 14.5. The van der Waals surface area contributed by atoms with E-state index < -0.39 is 0 Å². The predicted octanol–water partition coefficient (Wildman–Crippen LogP) is 3.82.